The molecule has 1 rings (SSSR count). The Labute approximate surface area is 64.0 Å². The highest BCUT2D eigenvalue weighted by molar-refractivity contribution is 6.58. The summed E-state index contributed by atoms with van der Waals surface area (Å²) in [6.07, 6.45) is 1.63. The number of ketones is 2. The van der Waals surface area contributed by atoms with E-state index in [0.29, 0.717) is 6.42 Å². The van der Waals surface area contributed by atoms with Crippen LogP contribution < -0.4 is 5.32 Å². The standard InChI is InChI=1S/C7H9NO3/c9-4-6(10)7(11)5-2-1-3-8-5/h4-5,8H,1-3H2. The van der Waals surface area contributed by atoms with Gasteiger partial charge in [0.2, 0.25) is 5.78 Å². The van der Waals surface area contributed by atoms with Gasteiger partial charge in [-0.3, -0.25) is 14.4 Å². The second-order valence-corrected chi connectivity index (χ2v) is 2.50. The molecule has 1 heterocycles. The zero-order valence-electron chi connectivity index (χ0n) is 6.00. The van der Waals surface area contributed by atoms with Gasteiger partial charge in [-0.25, -0.2) is 0 Å². The fraction of sp³-hybridized carbons (Fsp3) is 0.571. The molecule has 0 amide bonds. The third-order valence-corrected chi connectivity index (χ3v) is 1.73. The van der Waals surface area contributed by atoms with Gasteiger partial charge in [0.1, 0.15) is 0 Å². The van der Waals surface area contributed by atoms with Gasteiger partial charge in [-0.05, 0) is 19.4 Å². The fourth-order valence-electron chi connectivity index (χ4n) is 1.14. The Morgan fingerprint density at radius 2 is 2.18 bits per heavy atom. The Morgan fingerprint density at radius 3 is 2.64 bits per heavy atom. The average molecular weight is 155 g/mol. The molecule has 0 aliphatic carbocycles. The van der Waals surface area contributed by atoms with Gasteiger partial charge < -0.3 is 5.32 Å². The number of hydrogen-bond acceptors (Lipinski definition) is 4. The summed E-state index contributed by atoms with van der Waals surface area (Å²) in [5.41, 5.74) is 0. The largest absolute Gasteiger partial charge is 0.307 e. The van der Waals surface area contributed by atoms with Crippen LogP contribution in [0.3, 0.4) is 0 Å². The van der Waals surface area contributed by atoms with Crippen LogP contribution in [0.15, 0.2) is 0 Å². The summed E-state index contributed by atoms with van der Waals surface area (Å²) in [5, 5.41) is 2.84. The van der Waals surface area contributed by atoms with Gasteiger partial charge in [-0.2, -0.15) is 0 Å². The van der Waals surface area contributed by atoms with Gasteiger partial charge in [-0.1, -0.05) is 0 Å². The van der Waals surface area contributed by atoms with Crippen LogP contribution in [0.4, 0.5) is 0 Å². The molecular formula is C7H9NO3. The van der Waals surface area contributed by atoms with Crippen molar-refractivity contribution in [2.24, 2.45) is 0 Å². The van der Waals surface area contributed by atoms with Crippen molar-refractivity contribution < 1.29 is 14.4 Å². The van der Waals surface area contributed by atoms with E-state index in [2.05, 4.69) is 5.32 Å². The molecule has 0 aromatic heterocycles. The van der Waals surface area contributed by atoms with Crippen LogP contribution in [0.25, 0.3) is 0 Å². The van der Waals surface area contributed by atoms with E-state index in [9.17, 15) is 14.4 Å². The molecule has 0 bridgehead atoms. The summed E-state index contributed by atoms with van der Waals surface area (Å²) in [5.74, 6) is -1.53. The SMILES string of the molecule is O=CC(=O)C(=O)C1CCCN1. The lowest BCUT2D eigenvalue weighted by Gasteiger charge is -2.03. The maximum atomic E-state index is 10.9. The fourth-order valence-corrected chi connectivity index (χ4v) is 1.14. The van der Waals surface area contributed by atoms with Crippen molar-refractivity contribution in [3.63, 3.8) is 0 Å². The Balaban J connectivity index is 2.52. The summed E-state index contributed by atoms with van der Waals surface area (Å²) in [4.78, 5) is 31.4. The lowest BCUT2D eigenvalue weighted by Crippen LogP contribution is -2.36. The van der Waals surface area contributed by atoms with Crippen molar-refractivity contribution in [3.05, 3.63) is 0 Å². The van der Waals surface area contributed by atoms with Crippen molar-refractivity contribution in [1.29, 1.82) is 0 Å². The van der Waals surface area contributed by atoms with Gasteiger partial charge in [0, 0.05) is 0 Å². The summed E-state index contributed by atoms with van der Waals surface area (Å²) >= 11 is 0. The molecule has 0 saturated carbocycles. The predicted octanol–water partition coefficient (Wildman–Crippen LogP) is -0.925. The predicted molar refractivity (Wildman–Crippen MR) is 37.1 cm³/mol. The highest BCUT2D eigenvalue weighted by Crippen LogP contribution is 2.05. The molecule has 60 valence electrons. The summed E-state index contributed by atoms with van der Waals surface area (Å²) < 4.78 is 0. The molecule has 4 nitrogen and oxygen atoms in total. The van der Waals surface area contributed by atoms with Gasteiger partial charge in [-0.15, -0.1) is 0 Å². The highest BCUT2D eigenvalue weighted by atomic mass is 16.2. The molecule has 1 aliphatic rings. The maximum absolute atomic E-state index is 10.9. The smallest absolute Gasteiger partial charge is 0.262 e. The second-order valence-electron chi connectivity index (χ2n) is 2.50. The van der Waals surface area contributed by atoms with Crippen LogP contribution in [-0.4, -0.2) is 30.4 Å². The second kappa shape index (κ2) is 3.39. The van der Waals surface area contributed by atoms with Crippen LogP contribution >= 0.6 is 0 Å². The number of aldehydes is 1. The molecule has 1 N–H and O–H groups in total. The molecule has 1 fully saturated rings. The van der Waals surface area contributed by atoms with Crippen LogP contribution in [0.5, 0.6) is 0 Å². The molecule has 1 saturated heterocycles. The topological polar surface area (TPSA) is 63.2 Å². The number of nitrogens with one attached hydrogen (secondary N) is 1. The van der Waals surface area contributed by atoms with E-state index in [4.69, 9.17) is 0 Å². The quantitative estimate of drug-likeness (QED) is 0.325. The summed E-state index contributed by atoms with van der Waals surface area (Å²) in [6.45, 7) is 0.753. The number of carbonyl (C=O) groups excluding carboxylic acids is 3. The summed E-state index contributed by atoms with van der Waals surface area (Å²) in [7, 11) is 0. The molecule has 11 heavy (non-hydrogen) atoms. The van der Waals surface area contributed by atoms with Gasteiger partial charge in [0.15, 0.2) is 6.29 Å². The first-order valence-electron chi connectivity index (χ1n) is 3.52. The lowest BCUT2D eigenvalue weighted by molar-refractivity contribution is -0.140. The van der Waals surface area contributed by atoms with Crippen LogP contribution in [0, 0.1) is 0 Å². The first-order valence-corrected chi connectivity index (χ1v) is 3.52. The molecule has 0 radical (unpaired) electrons. The molecule has 0 spiro atoms. The first-order chi connectivity index (χ1) is 5.25. The van der Waals surface area contributed by atoms with Crippen LogP contribution in [0.2, 0.25) is 0 Å². The Bertz CT molecular complexity index is 194. The minimum Gasteiger partial charge on any atom is -0.307 e. The Morgan fingerprint density at radius 1 is 1.45 bits per heavy atom. The Hall–Kier alpha value is -1.03. The van der Waals surface area contributed by atoms with Crippen molar-refractivity contribution >= 4 is 17.9 Å². The monoisotopic (exact) mass is 155 g/mol. The number of rotatable bonds is 3. The zero-order valence-corrected chi connectivity index (χ0v) is 6.00. The maximum Gasteiger partial charge on any atom is 0.262 e. The van der Waals surface area contributed by atoms with Crippen LogP contribution in [0.1, 0.15) is 12.8 Å². The van der Waals surface area contributed by atoms with E-state index < -0.39 is 17.6 Å². The molecule has 0 aromatic rings. The minimum atomic E-state index is -0.926. The molecule has 1 aliphatic heterocycles. The van der Waals surface area contributed by atoms with Crippen molar-refractivity contribution in [2.75, 3.05) is 6.54 Å². The summed E-state index contributed by atoms with van der Waals surface area (Å²) in [6, 6.07) is -0.410. The van der Waals surface area contributed by atoms with E-state index in [1.165, 1.54) is 0 Å². The van der Waals surface area contributed by atoms with Gasteiger partial charge in [0.05, 0.1) is 6.04 Å². The van der Waals surface area contributed by atoms with Crippen LogP contribution in [-0.2, 0) is 14.4 Å². The van der Waals surface area contributed by atoms with E-state index in [1.807, 2.05) is 0 Å². The normalized spacial score (nSPS) is 23.1. The Kier molecular flexibility index (Phi) is 2.48. The van der Waals surface area contributed by atoms with Gasteiger partial charge in [0.25, 0.3) is 5.78 Å². The molecule has 1 atom stereocenters. The van der Waals surface area contributed by atoms with E-state index >= 15 is 0 Å². The lowest BCUT2D eigenvalue weighted by atomic mass is 10.1. The van der Waals surface area contributed by atoms with Crippen molar-refractivity contribution in [2.45, 2.75) is 18.9 Å². The zero-order chi connectivity index (χ0) is 8.27. The third-order valence-electron chi connectivity index (χ3n) is 1.73. The molecule has 1 unspecified atom stereocenters. The van der Waals surface area contributed by atoms with E-state index in [1.54, 1.807) is 0 Å². The third kappa shape index (κ3) is 1.71. The average Bonchev–Trinajstić information content (AvgIpc) is 2.53. The minimum absolute atomic E-state index is 0.0718. The molecule has 0 aromatic carbocycles. The molecular weight excluding hydrogens is 146 g/mol. The molecule has 4 heteroatoms. The van der Waals surface area contributed by atoms with E-state index in [-0.39, 0.29) is 6.29 Å². The van der Waals surface area contributed by atoms with E-state index in [0.717, 1.165) is 13.0 Å². The number of Topliss-reactive ketones (excluding diaryl/α,β-unsaturated/α-hetero) is 2. The number of carbonyl (C=O) groups is 3. The number of hydrogen-bond donors (Lipinski definition) is 1. The van der Waals surface area contributed by atoms with Crippen molar-refractivity contribution in [1.82, 2.24) is 5.32 Å². The van der Waals surface area contributed by atoms with Crippen molar-refractivity contribution in [3.8, 4) is 0 Å². The first kappa shape index (κ1) is 8.07. The highest BCUT2D eigenvalue weighted by Gasteiger charge is 2.26. The van der Waals surface area contributed by atoms with Gasteiger partial charge >= 0.3 is 0 Å².